The van der Waals surface area contributed by atoms with E-state index < -0.39 is 11.1 Å². The van der Waals surface area contributed by atoms with Crippen LogP contribution in [0, 0.1) is 17.8 Å². The minimum Gasteiger partial charge on any atom is -0.302 e. The summed E-state index contributed by atoms with van der Waals surface area (Å²) in [6.07, 6.45) is 10.0. The molecule has 4 fully saturated rings. The lowest BCUT2D eigenvalue weighted by atomic mass is 9.50. The second kappa shape index (κ2) is 7.68. The van der Waals surface area contributed by atoms with Crippen molar-refractivity contribution in [1.82, 2.24) is 14.1 Å². The zero-order valence-electron chi connectivity index (χ0n) is 18.8. The van der Waals surface area contributed by atoms with Gasteiger partial charge in [0, 0.05) is 17.3 Å². The Morgan fingerprint density at radius 3 is 2.19 bits per heavy atom. The molecule has 7 rings (SSSR count). The SMILES string of the molecule is CCCCn1c(=O)c(=O)n(Cc2csc(C34CC5CC(CC(C5)C3)C4)n2)c2ccccc21. The van der Waals surface area contributed by atoms with Crippen LogP contribution in [-0.4, -0.2) is 14.1 Å². The standard InChI is InChI=1S/C26H31N3O2S/c1-2-3-8-28-21-6-4-5-7-22(21)29(24(31)23(28)30)15-20-16-32-25(27-20)26-12-17-9-18(13-26)11-19(10-17)14-26/h4-7,16-19H,2-3,8-15H2,1H3. The Bertz CT molecular complexity index is 1250. The summed E-state index contributed by atoms with van der Waals surface area (Å²) < 4.78 is 3.29. The molecule has 4 aliphatic carbocycles. The highest BCUT2D eigenvalue weighted by atomic mass is 32.1. The van der Waals surface area contributed by atoms with Crippen molar-refractivity contribution in [2.24, 2.45) is 17.8 Å². The molecule has 6 heteroatoms. The molecule has 4 aliphatic rings. The maximum atomic E-state index is 13.1. The van der Waals surface area contributed by atoms with E-state index in [1.165, 1.54) is 43.5 Å². The smallest absolute Gasteiger partial charge is 0.302 e. The molecule has 168 valence electrons. The van der Waals surface area contributed by atoms with Crippen LogP contribution in [0.3, 0.4) is 0 Å². The lowest BCUT2D eigenvalue weighted by molar-refractivity contribution is -0.00533. The molecule has 1 aromatic carbocycles. The van der Waals surface area contributed by atoms with Crippen molar-refractivity contribution in [2.75, 3.05) is 0 Å². The molecule has 0 spiro atoms. The lowest BCUT2D eigenvalue weighted by Crippen LogP contribution is -2.48. The minimum atomic E-state index is -0.441. The number of unbranched alkanes of at least 4 members (excludes halogenated alkanes) is 1. The van der Waals surface area contributed by atoms with E-state index in [9.17, 15) is 9.59 Å². The van der Waals surface area contributed by atoms with Gasteiger partial charge in [-0.05, 0) is 74.8 Å². The van der Waals surface area contributed by atoms with Gasteiger partial charge in [-0.2, -0.15) is 0 Å². The van der Waals surface area contributed by atoms with E-state index in [1.807, 2.05) is 24.3 Å². The van der Waals surface area contributed by atoms with Gasteiger partial charge in [-0.1, -0.05) is 25.5 Å². The van der Waals surface area contributed by atoms with E-state index in [4.69, 9.17) is 4.98 Å². The number of thiazole rings is 1. The second-order valence-electron chi connectivity index (χ2n) is 10.5. The maximum Gasteiger partial charge on any atom is 0.317 e. The lowest BCUT2D eigenvalue weighted by Gasteiger charge is -2.56. The average Bonchev–Trinajstić information content (AvgIpc) is 3.26. The first-order valence-corrected chi connectivity index (χ1v) is 13.1. The van der Waals surface area contributed by atoms with Crippen molar-refractivity contribution in [3.8, 4) is 0 Å². The molecular formula is C26H31N3O2S. The Kier molecular flexibility index (Phi) is 4.90. The van der Waals surface area contributed by atoms with E-state index in [0.29, 0.717) is 13.1 Å². The Morgan fingerprint density at radius 2 is 1.56 bits per heavy atom. The topological polar surface area (TPSA) is 56.9 Å². The number of fused-ring (bicyclic) bond motifs is 1. The molecule has 0 N–H and O–H groups in total. The average molecular weight is 450 g/mol. The molecule has 0 saturated heterocycles. The van der Waals surface area contributed by atoms with Crippen LogP contribution in [0.25, 0.3) is 11.0 Å². The summed E-state index contributed by atoms with van der Waals surface area (Å²) in [6.45, 7) is 3.04. The van der Waals surface area contributed by atoms with Gasteiger partial charge < -0.3 is 4.57 Å². The zero-order valence-corrected chi connectivity index (χ0v) is 19.6. The fourth-order valence-corrected chi connectivity index (χ4v) is 8.27. The van der Waals surface area contributed by atoms with Gasteiger partial charge in [0.25, 0.3) is 0 Å². The van der Waals surface area contributed by atoms with Crippen molar-refractivity contribution >= 4 is 22.4 Å². The van der Waals surface area contributed by atoms with Crippen molar-refractivity contribution in [3.05, 3.63) is 61.1 Å². The number of rotatable bonds is 6. The first-order valence-electron chi connectivity index (χ1n) is 12.2. The fraction of sp³-hybridized carbons (Fsp3) is 0.577. The van der Waals surface area contributed by atoms with Gasteiger partial charge in [-0.3, -0.25) is 14.2 Å². The highest BCUT2D eigenvalue weighted by Crippen LogP contribution is 2.61. The maximum absolute atomic E-state index is 13.1. The van der Waals surface area contributed by atoms with Crippen LogP contribution in [0.5, 0.6) is 0 Å². The third kappa shape index (κ3) is 3.21. The van der Waals surface area contributed by atoms with Gasteiger partial charge >= 0.3 is 11.1 Å². The first-order chi connectivity index (χ1) is 15.6. The molecule has 2 aromatic heterocycles. The molecule has 0 unspecified atom stereocenters. The molecule has 3 aromatic rings. The van der Waals surface area contributed by atoms with E-state index in [2.05, 4.69) is 12.3 Å². The third-order valence-electron chi connectivity index (χ3n) is 8.24. The number of aromatic nitrogens is 3. The Labute approximate surface area is 192 Å². The van der Waals surface area contributed by atoms with Crippen LogP contribution < -0.4 is 11.1 Å². The van der Waals surface area contributed by atoms with Gasteiger partial charge in [0.05, 0.1) is 28.3 Å². The highest BCUT2D eigenvalue weighted by molar-refractivity contribution is 7.09. The molecule has 32 heavy (non-hydrogen) atoms. The summed E-state index contributed by atoms with van der Waals surface area (Å²) >= 11 is 1.78. The van der Waals surface area contributed by atoms with E-state index in [1.54, 1.807) is 20.5 Å². The predicted octanol–water partition coefficient (Wildman–Crippen LogP) is 4.94. The normalized spacial score (nSPS) is 28.6. The van der Waals surface area contributed by atoms with E-state index in [-0.39, 0.29) is 5.41 Å². The Morgan fingerprint density at radius 1 is 0.969 bits per heavy atom. The van der Waals surface area contributed by atoms with Gasteiger partial charge in [0.15, 0.2) is 0 Å². The number of aryl methyl sites for hydroxylation is 1. The van der Waals surface area contributed by atoms with E-state index >= 15 is 0 Å². The molecule has 4 bridgehead atoms. The van der Waals surface area contributed by atoms with E-state index in [0.717, 1.165) is 47.3 Å². The molecule has 0 radical (unpaired) electrons. The van der Waals surface area contributed by atoms with Gasteiger partial charge in [-0.25, -0.2) is 4.98 Å². The molecule has 2 heterocycles. The highest BCUT2D eigenvalue weighted by Gasteiger charge is 2.52. The van der Waals surface area contributed by atoms with Crippen LogP contribution in [0.15, 0.2) is 39.2 Å². The Hall–Kier alpha value is -2.21. The number of nitrogens with zero attached hydrogens (tertiary/aromatic N) is 3. The van der Waals surface area contributed by atoms with Crippen LogP contribution >= 0.6 is 11.3 Å². The molecular weight excluding hydrogens is 418 g/mol. The first kappa shape index (κ1) is 20.4. The molecule has 0 atom stereocenters. The number of hydrogen-bond acceptors (Lipinski definition) is 4. The zero-order chi connectivity index (χ0) is 21.9. The summed E-state index contributed by atoms with van der Waals surface area (Å²) in [7, 11) is 0. The van der Waals surface area contributed by atoms with Gasteiger partial charge in [0.1, 0.15) is 0 Å². The van der Waals surface area contributed by atoms with Crippen molar-refractivity contribution in [1.29, 1.82) is 0 Å². The summed E-state index contributed by atoms with van der Waals surface area (Å²) in [6, 6.07) is 7.77. The second-order valence-corrected chi connectivity index (χ2v) is 11.4. The number of benzene rings is 1. The minimum absolute atomic E-state index is 0.272. The third-order valence-corrected chi connectivity index (χ3v) is 9.37. The van der Waals surface area contributed by atoms with Crippen LogP contribution in [0.4, 0.5) is 0 Å². The summed E-state index contributed by atoms with van der Waals surface area (Å²) in [5.74, 6) is 2.66. The monoisotopic (exact) mass is 449 g/mol. The van der Waals surface area contributed by atoms with Crippen molar-refractivity contribution < 1.29 is 0 Å². The molecule has 5 nitrogen and oxygen atoms in total. The Balaban J connectivity index is 1.36. The van der Waals surface area contributed by atoms with Crippen LogP contribution in [0.1, 0.15) is 69.0 Å². The summed E-state index contributed by atoms with van der Waals surface area (Å²) in [5.41, 5.74) is 1.98. The molecule has 4 saturated carbocycles. The van der Waals surface area contributed by atoms with Gasteiger partial charge in [-0.15, -0.1) is 11.3 Å². The van der Waals surface area contributed by atoms with Gasteiger partial charge in [0.2, 0.25) is 0 Å². The number of hydrogen-bond donors (Lipinski definition) is 0. The molecule has 0 aliphatic heterocycles. The fourth-order valence-electron chi connectivity index (χ4n) is 7.22. The quantitative estimate of drug-likeness (QED) is 0.501. The molecule has 0 amide bonds. The largest absolute Gasteiger partial charge is 0.317 e. The summed E-state index contributed by atoms with van der Waals surface area (Å²) in [5, 5.41) is 3.40. The summed E-state index contributed by atoms with van der Waals surface area (Å²) in [4.78, 5) is 31.1. The van der Waals surface area contributed by atoms with Crippen molar-refractivity contribution in [3.63, 3.8) is 0 Å². The number of para-hydroxylation sites is 2. The predicted molar refractivity (Wildman–Crippen MR) is 128 cm³/mol. The van der Waals surface area contributed by atoms with Crippen molar-refractivity contribution in [2.45, 2.75) is 76.8 Å². The van der Waals surface area contributed by atoms with Crippen LogP contribution in [-0.2, 0) is 18.5 Å². The van der Waals surface area contributed by atoms with Crippen LogP contribution in [0.2, 0.25) is 0 Å².